The maximum atomic E-state index is 12.9. The first-order chi connectivity index (χ1) is 13.1. The van der Waals surface area contributed by atoms with Gasteiger partial charge in [-0.2, -0.15) is 0 Å². The average Bonchev–Trinajstić information content (AvgIpc) is 2.70. The number of hydrogen-bond acceptors (Lipinski definition) is 2. The Morgan fingerprint density at radius 2 is 1.63 bits per heavy atom. The molecule has 0 aliphatic heterocycles. The van der Waals surface area contributed by atoms with E-state index < -0.39 is 12.1 Å². The van der Waals surface area contributed by atoms with Gasteiger partial charge in [-0.05, 0) is 34.9 Å². The molecule has 3 aromatic rings. The Morgan fingerprint density at radius 3 is 2.30 bits per heavy atom. The third kappa shape index (κ3) is 4.26. The molecule has 0 heterocycles. The molecule has 0 aromatic heterocycles. The molecule has 0 saturated carbocycles. The number of hydrogen-bond donors (Lipinski definition) is 2. The summed E-state index contributed by atoms with van der Waals surface area (Å²) < 4.78 is 0. The highest BCUT2D eigenvalue weighted by Gasteiger charge is 2.28. The minimum absolute atomic E-state index is 0.255. The first-order valence-electron chi connectivity index (χ1n) is 8.96. The monoisotopic (exact) mass is 361 g/mol. The van der Waals surface area contributed by atoms with Crippen molar-refractivity contribution in [3.8, 4) is 0 Å². The molecule has 0 aliphatic carbocycles. The Morgan fingerprint density at radius 1 is 0.963 bits per heavy atom. The molecule has 0 unspecified atom stereocenters. The van der Waals surface area contributed by atoms with Gasteiger partial charge in [0.1, 0.15) is 6.04 Å². The minimum Gasteiger partial charge on any atom is -0.351 e. The molecule has 5 heteroatoms. The van der Waals surface area contributed by atoms with E-state index in [4.69, 9.17) is 5.73 Å². The first-order valence-corrected chi connectivity index (χ1v) is 8.96. The van der Waals surface area contributed by atoms with Crippen LogP contribution in [0.2, 0.25) is 0 Å². The number of fused-ring (bicyclic) bond motifs is 1. The molecule has 3 amide bonds. The van der Waals surface area contributed by atoms with Crippen LogP contribution in [-0.2, 0) is 11.3 Å². The molecule has 0 radical (unpaired) electrons. The number of rotatable bonds is 6. The summed E-state index contributed by atoms with van der Waals surface area (Å²) >= 11 is 0. The number of primary amides is 1. The minimum atomic E-state index is -0.755. The summed E-state index contributed by atoms with van der Waals surface area (Å²) in [5.74, 6) is -0.255. The lowest BCUT2D eigenvalue weighted by Gasteiger charge is -2.28. The molecule has 27 heavy (non-hydrogen) atoms. The van der Waals surface area contributed by atoms with Crippen molar-refractivity contribution >= 4 is 22.7 Å². The van der Waals surface area contributed by atoms with Gasteiger partial charge in [-0.1, -0.05) is 66.7 Å². The second kappa shape index (κ2) is 8.36. The maximum Gasteiger partial charge on any atom is 0.315 e. The highest BCUT2D eigenvalue weighted by atomic mass is 16.2. The number of urea groups is 1. The molecule has 1 atom stereocenters. The quantitative estimate of drug-likeness (QED) is 0.704. The van der Waals surface area contributed by atoms with Crippen LogP contribution in [-0.4, -0.2) is 23.4 Å². The zero-order valence-corrected chi connectivity index (χ0v) is 15.3. The van der Waals surface area contributed by atoms with Gasteiger partial charge in [0.15, 0.2) is 0 Å². The van der Waals surface area contributed by atoms with Crippen LogP contribution in [0.3, 0.4) is 0 Å². The number of nitrogens with two attached hydrogens (primary N) is 1. The molecule has 0 spiro atoms. The SMILES string of the molecule is CCN(C(N)=O)[C@@H](C(=O)NCc1ccc2ccccc2c1)c1ccccc1. The molecule has 0 bridgehead atoms. The Bertz CT molecular complexity index is 940. The molecule has 0 aliphatic rings. The van der Waals surface area contributed by atoms with Crippen molar-refractivity contribution in [1.29, 1.82) is 0 Å². The van der Waals surface area contributed by atoms with Crippen LogP contribution in [0.15, 0.2) is 72.8 Å². The lowest BCUT2D eigenvalue weighted by Crippen LogP contribution is -2.45. The van der Waals surface area contributed by atoms with E-state index in [0.29, 0.717) is 13.1 Å². The van der Waals surface area contributed by atoms with Crippen molar-refractivity contribution < 1.29 is 9.59 Å². The molecule has 0 saturated heterocycles. The maximum absolute atomic E-state index is 12.9. The van der Waals surface area contributed by atoms with Gasteiger partial charge >= 0.3 is 6.03 Å². The second-order valence-electron chi connectivity index (χ2n) is 6.34. The van der Waals surface area contributed by atoms with E-state index in [1.165, 1.54) is 4.90 Å². The van der Waals surface area contributed by atoms with Crippen LogP contribution in [0.4, 0.5) is 4.79 Å². The van der Waals surface area contributed by atoms with Crippen molar-refractivity contribution in [2.75, 3.05) is 6.54 Å². The van der Waals surface area contributed by atoms with E-state index in [1.54, 1.807) is 6.92 Å². The first kappa shape index (κ1) is 18.5. The van der Waals surface area contributed by atoms with Gasteiger partial charge in [0.2, 0.25) is 5.91 Å². The van der Waals surface area contributed by atoms with Gasteiger partial charge < -0.3 is 16.0 Å². The van der Waals surface area contributed by atoms with Gasteiger partial charge in [0.25, 0.3) is 0 Å². The summed E-state index contributed by atoms with van der Waals surface area (Å²) in [6.07, 6.45) is 0. The number of carbonyl (C=O) groups is 2. The van der Waals surface area contributed by atoms with E-state index in [1.807, 2.05) is 60.7 Å². The largest absolute Gasteiger partial charge is 0.351 e. The van der Waals surface area contributed by atoms with E-state index in [0.717, 1.165) is 21.9 Å². The molecular weight excluding hydrogens is 338 g/mol. The Balaban J connectivity index is 1.80. The van der Waals surface area contributed by atoms with Crippen molar-refractivity contribution in [2.24, 2.45) is 5.73 Å². The fourth-order valence-corrected chi connectivity index (χ4v) is 3.21. The number of likely N-dealkylation sites (N-methyl/N-ethyl adjacent to an activating group) is 1. The Labute approximate surface area is 158 Å². The smallest absolute Gasteiger partial charge is 0.315 e. The van der Waals surface area contributed by atoms with Crippen molar-refractivity contribution in [3.05, 3.63) is 83.9 Å². The van der Waals surface area contributed by atoms with Crippen LogP contribution in [0.1, 0.15) is 24.1 Å². The zero-order valence-electron chi connectivity index (χ0n) is 15.3. The fraction of sp³-hybridized carbons (Fsp3) is 0.182. The highest BCUT2D eigenvalue weighted by Crippen LogP contribution is 2.21. The third-order valence-electron chi connectivity index (χ3n) is 4.58. The highest BCUT2D eigenvalue weighted by molar-refractivity contribution is 5.88. The molecule has 0 fully saturated rings. The normalized spacial score (nSPS) is 11.7. The molecule has 138 valence electrons. The zero-order chi connectivity index (χ0) is 19.2. The van der Waals surface area contributed by atoms with Gasteiger partial charge in [-0.15, -0.1) is 0 Å². The van der Waals surface area contributed by atoms with Crippen LogP contribution in [0.25, 0.3) is 10.8 Å². The Kier molecular flexibility index (Phi) is 5.71. The molecule has 5 nitrogen and oxygen atoms in total. The molecule has 3 aromatic carbocycles. The molecule has 3 rings (SSSR count). The summed E-state index contributed by atoms with van der Waals surface area (Å²) in [5.41, 5.74) is 7.23. The number of carbonyl (C=O) groups excluding carboxylic acids is 2. The summed E-state index contributed by atoms with van der Waals surface area (Å²) in [6, 6.07) is 22.0. The Hall–Kier alpha value is -3.34. The van der Waals surface area contributed by atoms with Crippen molar-refractivity contribution in [1.82, 2.24) is 10.2 Å². The predicted octanol–water partition coefficient (Wildman–Crippen LogP) is 3.60. The number of benzene rings is 3. The van der Waals surface area contributed by atoms with E-state index >= 15 is 0 Å². The van der Waals surface area contributed by atoms with Crippen LogP contribution in [0.5, 0.6) is 0 Å². The van der Waals surface area contributed by atoms with E-state index in [2.05, 4.69) is 17.4 Å². The summed E-state index contributed by atoms with van der Waals surface area (Å²) in [6.45, 7) is 2.53. The lowest BCUT2D eigenvalue weighted by molar-refractivity contribution is -0.125. The second-order valence-corrected chi connectivity index (χ2v) is 6.34. The number of amides is 3. The van der Waals surface area contributed by atoms with E-state index in [9.17, 15) is 9.59 Å². The van der Waals surface area contributed by atoms with Crippen LogP contribution in [0, 0.1) is 0 Å². The summed E-state index contributed by atoms with van der Waals surface area (Å²) in [4.78, 5) is 26.1. The van der Waals surface area contributed by atoms with E-state index in [-0.39, 0.29) is 5.91 Å². The van der Waals surface area contributed by atoms with Crippen LogP contribution < -0.4 is 11.1 Å². The molecule has 3 N–H and O–H groups in total. The van der Waals surface area contributed by atoms with Crippen LogP contribution >= 0.6 is 0 Å². The van der Waals surface area contributed by atoms with Gasteiger partial charge in [-0.3, -0.25) is 4.79 Å². The lowest BCUT2D eigenvalue weighted by atomic mass is 10.0. The fourth-order valence-electron chi connectivity index (χ4n) is 3.21. The molecular formula is C22H23N3O2. The summed E-state index contributed by atoms with van der Waals surface area (Å²) in [7, 11) is 0. The van der Waals surface area contributed by atoms with Gasteiger partial charge in [0, 0.05) is 13.1 Å². The van der Waals surface area contributed by atoms with Crippen molar-refractivity contribution in [2.45, 2.75) is 19.5 Å². The topological polar surface area (TPSA) is 75.4 Å². The number of nitrogens with zero attached hydrogens (tertiary/aromatic N) is 1. The van der Waals surface area contributed by atoms with Crippen molar-refractivity contribution in [3.63, 3.8) is 0 Å². The standard InChI is InChI=1S/C22H23N3O2/c1-2-25(22(23)27)20(18-9-4-3-5-10-18)21(26)24-15-16-12-13-17-8-6-7-11-19(17)14-16/h3-14,20H,2,15H2,1H3,(H2,23,27)(H,24,26)/t20-/m1/s1. The van der Waals surface area contributed by atoms with Gasteiger partial charge in [-0.25, -0.2) is 4.79 Å². The summed E-state index contributed by atoms with van der Waals surface area (Å²) in [5, 5.41) is 5.22. The third-order valence-corrected chi connectivity index (χ3v) is 4.58. The number of nitrogens with one attached hydrogen (secondary N) is 1. The van der Waals surface area contributed by atoms with Gasteiger partial charge in [0.05, 0.1) is 0 Å². The average molecular weight is 361 g/mol. The predicted molar refractivity (Wildman–Crippen MR) is 107 cm³/mol.